The average Bonchev–Trinajstić information content (AvgIpc) is 2.11. The number of carbonyl (C=O) groups is 1. The van der Waals surface area contributed by atoms with Crippen molar-refractivity contribution in [3.63, 3.8) is 0 Å². The maximum absolute atomic E-state index is 13.3. The summed E-state index contributed by atoms with van der Waals surface area (Å²) in [4.78, 5) is 11.5. The summed E-state index contributed by atoms with van der Waals surface area (Å²) in [5.74, 6) is -1.73. The van der Waals surface area contributed by atoms with Gasteiger partial charge in [0.1, 0.15) is 11.6 Å². The molecule has 0 aliphatic carbocycles. The van der Waals surface area contributed by atoms with Crippen molar-refractivity contribution in [3.05, 3.63) is 23.8 Å². The second-order valence-corrected chi connectivity index (χ2v) is 4.68. The molecule has 2 amide bonds. The Balaban J connectivity index is 2.82. The standard InChI is InChI=1S/C11H15F2N3O/c1-11(2,3)16-10(17)15-9-5-8(14)6(12)4-7(9)13/h4-5H,14H2,1-3H3,(H2,15,16,17). The number of nitrogens with two attached hydrogens (primary N) is 1. The highest BCUT2D eigenvalue weighted by atomic mass is 19.1. The highest BCUT2D eigenvalue weighted by molar-refractivity contribution is 5.90. The number of carbonyl (C=O) groups excluding carboxylic acids is 1. The Labute approximate surface area is 98.2 Å². The Bertz CT molecular complexity index is 441. The molecule has 1 aromatic carbocycles. The zero-order valence-electron chi connectivity index (χ0n) is 9.90. The minimum absolute atomic E-state index is 0.161. The number of benzene rings is 1. The fourth-order valence-electron chi connectivity index (χ4n) is 1.16. The first kappa shape index (κ1) is 13.2. The Morgan fingerprint density at radius 3 is 2.35 bits per heavy atom. The van der Waals surface area contributed by atoms with E-state index in [1.54, 1.807) is 20.8 Å². The zero-order chi connectivity index (χ0) is 13.2. The Hall–Kier alpha value is -1.85. The van der Waals surface area contributed by atoms with Crippen LogP contribution in [0.25, 0.3) is 0 Å². The molecule has 0 saturated carbocycles. The van der Waals surface area contributed by atoms with Crippen LogP contribution < -0.4 is 16.4 Å². The number of urea groups is 1. The Morgan fingerprint density at radius 1 is 1.24 bits per heavy atom. The molecule has 1 rings (SSSR count). The molecule has 17 heavy (non-hydrogen) atoms. The van der Waals surface area contributed by atoms with Gasteiger partial charge in [-0.15, -0.1) is 0 Å². The molecule has 0 atom stereocenters. The SMILES string of the molecule is CC(C)(C)NC(=O)Nc1cc(N)c(F)cc1F. The second kappa shape index (κ2) is 4.57. The number of halogens is 2. The summed E-state index contributed by atoms with van der Waals surface area (Å²) in [5.41, 5.74) is 4.44. The summed E-state index contributed by atoms with van der Waals surface area (Å²) in [6.07, 6.45) is 0. The maximum atomic E-state index is 13.3. The van der Waals surface area contributed by atoms with E-state index in [2.05, 4.69) is 10.6 Å². The van der Waals surface area contributed by atoms with Gasteiger partial charge in [0.2, 0.25) is 0 Å². The third-order valence-corrected chi connectivity index (χ3v) is 1.82. The van der Waals surface area contributed by atoms with Crippen LogP contribution in [0, 0.1) is 11.6 Å². The largest absolute Gasteiger partial charge is 0.396 e. The Kier molecular flexibility index (Phi) is 3.55. The van der Waals surface area contributed by atoms with Crippen LogP contribution in [0.5, 0.6) is 0 Å². The van der Waals surface area contributed by atoms with E-state index in [0.717, 1.165) is 6.07 Å². The van der Waals surface area contributed by atoms with Gasteiger partial charge in [0, 0.05) is 11.6 Å². The summed E-state index contributed by atoms with van der Waals surface area (Å²) in [6.45, 7) is 5.34. The van der Waals surface area contributed by atoms with Gasteiger partial charge in [-0.2, -0.15) is 0 Å². The third-order valence-electron chi connectivity index (χ3n) is 1.82. The highest BCUT2D eigenvalue weighted by Gasteiger charge is 2.15. The van der Waals surface area contributed by atoms with Crippen LogP contribution in [-0.4, -0.2) is 11.6 Å². The first-order chi connectivity index (χ1) is 7.69. The molecule has 4 nitrogen and oxygen atoms in total. The average molecular weight is 243 g/mol. The first-order valence-corrected chi connectivity index (χ1v) is 5.03. The first-order valence-electron chi connectivity index (χ1n) is 5.03. The predicted octanol–water partition coefficient (Wildman–Crippen LogP) is 2.47. The fourth-order valence-corrected chi connectivity index (χ4v) is 1.16. The van der Waals surface area contributed by atoms with Crippen LogP contribution in [0.1, 0.15) is 20.8 Å². The normalized spacial score (nSPS) is 11.1. The second-order valence-electron chi connectivity index (χ2n) is 4.68. The summed E-state index contributed by atoms with van der Waals surface area (Å²) in [7, 11) is 0. The molecule has 4 N–H and O–H groups in total. The van der Waals surface area contributed by atoms with E-state index in [1.165, 1.54) is 0 Å². The van der Waals surface area contributed by atoms with E-state index in [9.17, 15) is 13.6 Å². The van der Waals surface area contributed by atoms with Gasteiger partial charge in [-0.1, -0.05) is 0 Å². The van der Waals surface area contributed by atoms with Crippen LogP contribution in [0.4, 0.5) is 25.0 Å². The van der Waals surface area contributed by atoms with Crippen LogP contribution >= 0.6 is 0 Å². The van der Waals surface area contributed by atoms with Crippen molar-refractivity contribution < 1.29 is 13.6 Å². The van der Waals surface area contributed by atoms with Crippen molar-refractivity contribution in [1.82, 2.24) is 5.32 Å². The van der Waals surface area contributed by atoms with Gasteiger partial charge in [-0.25, -0.2) is 13.6 Å². The maximum Gasteiger partial charge on any atom is 0.319 e. The lowest BCUT2D eigenvalue weighted by atomic mass is 10.1. The number of anilines is 2. The molecule has 0 aliphatic rings. The fraction of sp³-hybridized carbons (Fsp3) is 0.364. The van der Waals surface area contributed by atoms with E-state index in [0.29, 0.717) is 6.07 Å². The van der Waals surface area contributed by atoms with Gasteiger partial charge in [0.05, 0.1) is 11.4 Å². The lowest BCUT2D eigenvalue weighted by Gasteiger charge is -2.21. The number of amides is 2. The van der Waals surface area contributed by atoms with Crippen LogP contribution in [0.15, 0.2) is 12.1 Å². The number of rotatable bonds is 1. The van der Waals surface area contributed by atoms with E-state index in [1.807, 2.05) is 0 Å². The van der Waals surface area contributed by atoms with Crippen molar-refractivity contribution in [2.75, 3.05) is 11.1 Å². The number of nitrogen functional groups attached to an aromatic ring is 1. The third kappa shape index (κ3) is 3.90. The molecule has 0 unspecified atom stereocenters. The molecule has 0 bridgehead atoms. The molecule has 0 aliphatic heterocycles. The molecular formula is C11H15F2N3O. The van der Waals surface area contributed by atoms with Crippen LogP contribution in [0.3, 0.4) is 0 Å². The smallest absolute Gasteiger partial charge is 0.319 e. The highest BCUT2D eigenvalue weighted by Crippen LogP contribution is 2.20. The quantitative estimate of drug-likeness (QED) is 0.663. The van der Waals surface area contributed by atoms with Gasteiger partial charge >= 0.3 is 6.03 Å². The van der Waals surface area contributed by atoms with Crippen molar-refractivity contribution in [1.29, 1.82) is 0 Å². The van der Waals surface area contributed by atoms with Gasteiger partial charge in [-0.05, 0) is 26.8 Å². The van der Waals surface area contributed by atoms with Crippen molar-refractivity contribution in [2.45, 2.75) is 26.3 Å². The minimum atomic E-state index is -0.874. The summed E-state index contributed by atoms with van der Waals surface area (Å²) >= 11 is 0. The summed E-state index contributed by atoms with van der Waals surface area (Å²) in [5, 5.41) is 4.84. The number of nitrogens with one attached hydrogen (secondary N) is 2. The van der Waals surface area contributed by atoms with Gasteiger partial charge < -0.3 is 16.4 Å². The molecule has 0 saturated heterocycles. The Morgan fingerprint density at radius 2 is 1.82 bits per heavy atom. The van der Waals surface area contributed by atoms with Crippen LogP contribution in [0.2, 0.25) is 0 Å². The molecule has 0 fully saturated rings. The molecule has 94 valence electrons. The van der Waals surface area contributed by atoms with Gasteiger partial charge in [0.15, 0.2) is 0 Å². The number of hydrogen-bond donors (Lipinski definition) is 3. The lowest BCUT2D eigenvalue weighted by Crippen LogP contribution is -2.43. The van der Waals surface area contributed by atoms with E-state index < -0.39 is 23.2 Å². The van der Waals surface area contributed by atoms with E-state index >= 15 is 0 Å². The van der Waals surface area contributed by atoms with Crippen LogP contribution in [-0.2, 0) is 0 Å². The van der Waals surface area contributed by atoms with Gasteiger partial charge in [-0.3, -0.25) is 0 Å². The molecule has 1 aromatic rings. The monoisotopic (exact) mass is 243 g/mol. The summed E-state index contributed by atoms with van der Waals surface area (Å²) < 4.78 is 26.2. The minimum Gasteiger partial charge on any atom is -0.396 e. The van der Waals surface area contributed by atoms with Crippen molar-refractivity contribution in [3.8, 4) is 0 Å². The molecule has 0 radical (unpaired) electrons. The lowest BCUT2D eigenvalue weighted by molar-refractivity contribution is 0.243. The zero-order valence-corrected chi connectivity index (χ0v) is 9.90. The molecule has 0 heterocycles. The molecular weight excluding hydrogens is 228 g/mol. The topological polar surface area (TPSA) is 67.2 Å². The predicted molar refractivity (Wildman–Crippen MR) is 62.7 cm³/mol. The molecule has 0 spiro atoms. The molecule has 6 heteroatoms. The van der Waals surface area contributed by atoms with E-state index in [4.69, 9.17) is 5.73 Å². The van der Waals surface area contributed by atoms with Crippen molar-refractivity contribution in [2.24, 2.45) is 0 Å². The van der Waals surface area contributed by atoms with E-state index in [-0.39, 0.29) is 11.4 Å². The summed E-state index contributed by atoms with van der Waals surface area (Å²) in [6, 6.07) is 1.08. The molecule has 0 aromatic heterocycles. The van der Waals surface area contributed by atoms with Crippen molar-refractivity contribution >= 4 is 17.4 Å². The number of hydrogen-bond acceptors (Lipinski definition) is 2. The van der Waals surface area contributed by atoms with Gasteiger partial charge in [0.25, 0.3) is 0 Å².